The van der Waals surface area contributed by atoms with E-state index in [4.69, 9.17) is 18.9 Å². The van der Waals surface area contributed by atoms with Crippen molar-refractivity contribution in [1.82, 2.24) is 9.80 Å². The molecule has 34 heavy (non-hydrogen) atoms. The van der Waals surface area contributed by atoms with Crippen LogP contribution < -0.4 is 0 Å². The lowest BCUT2D eigenvalue weighted by molar-refractivity contribution is -0.146. The number of esters is 2. The fourth-order valence-electron chi connectivity index (χ4n) is 4.30. The van der Waals surface area contributed by atoms with Crippen LogP contribution in [0.1, 0.15) is 65.2 Å². The molecule has 2 rings (SSSR count). The Morgan fingerprint density at radius 3 is 1.44 bits per heavy atom. The van der Waals surface area contributed by atoms with Gasteiger partial charge in [0.05, 0.1) is 26.4 Å². The molecule has 2 saturated heterocycles. The van der Waals surface area contributed by atoms with Crippen LogP contribution in [0, 0.1) is 0 Å². The van der Waals surface area contributed by atoms with Gasteiger partial charge in [0.25, 0.3) is 0 Å². The first-order valence-corrected chi connectivity index (χ1v) is 13.3. The van der Waals surface area contributed by atoms with E-state index in [1.165, 1.54) is 12.2 Å². The maximum atomic E-state index is 12.2. The van der Waals surface area contributed by atoms with Gasteiger partial charge in [0.2, 0.25) is 0 Å². The molecule has 196 valence electrons. The molecular formula is C26H46N2O6. The fraction of sp³-hybridized carbons (Fsp3) is 0.846. The van der Waals surface area contributed by atoms with Crippen molar-refractivity contribution in [1.29, 1.82) is 0 Å². The monoisotopic (exact) mass is 482 g/mol. The summed E-state index contributed by atoms with van der Waals surface area (Å²) in [5, 5.41) is 0. The van der Waals surface area contributed by atoms with Crippen LogP contribution >= 0.6 is 0 Å². The largest absolute Gasteiger partial charge is 0.459 e. The van der Waals surface area contributed by atoms with E-state index in [2.05, 4.69) is 9.80 Å². The zero-order chi connectivity index (χ0) is 24.4. The van der Waals surface area contributed by atoms with Gasteiger partial charge < -0.3 is 18.9 Å². The summed E-state index contributed by atoms with van der Waals surface area (Å²) in [6.07, 6.45) is 9.57. The van der Waals surface area contributed by atoms with Gasteiger partial charge in [0.15, 0.2) is 0 Å². The highest BCUT2D eigenvalue weighted by atomic mass is 16.5. The molecule has 0 aromatic heterocycles. The Labute approximate surface area is 205 Å². The van der Waals surface area contributed by atoms with Crippen molar-refractivity contribution in [3.05, 3.63) is 12.2 Å². The van der Waals surface area contributed by atoms with Crippen molar-refractivity contribution in [2.45, 2.75) is 77.4 Å². The number of carbonyl (C=O) groups is 2. The average Bonchev–Trinajstić information content (AvgIpc) is 2.87. The van der Waals surface area contributed by atoms with E-state index in [0.29, 0.717) is 0 Å². The number of carbonyl (C=O) groups excluding carboxylic acids is 2. The highest BCUT2D eigenvalue weighted by Gasteiger charge is 2.15. The van der Waals surface area contributed by atoms with Gasteiger partial charge in [-0.3, -0.25) is 9.80 Å². The van der Waals surface area contributed by atoms with Gasteiger partial charge >= 0.3 is 11.9 Å². The van der Waals surface area contributed by atoms with E-state index >= 15 is 0 Å². The van der Waals surface area contributed by atoms with E-state index in [9.17, 15) is 9.59 Å². The summed E-state index contributed by atoms with van der Waals surface area (Å²) in [6.45, 7) is 13.4. The summed E-state index contributed by atoms with van der Waals surface area (Å²) in [5.41, 5.74) is 0. The Hall–Kier alpha value is -1.48. The summed E-state index contributed by atoms with van der Waals surface area (Å²) in [4.78, 5) is 29.2. The quantitative estimate of drug-likeness (QED) is 0.189. The van der Waals surface area contributed by atoms with Crippen molar-refractivity contribution in [3.8, 4) is 0 Å². The van der Waals surface area contributed by atoms with E-state index in [1.807, 2.05) is 13.8 Å². The normalized spacial score (nSPS) is 19.7. The molecule has 8 heteroatoms. The predicted molar refractivity (Wildman–Crippen MR) is 132 cm³/mol. The van der Waals surface area contributed by atoms with Gasteiger partial charge in [-0.1, -0.05) is 13.8 Å². The van der Waals surface area contributed by atoms with Crippen LogP contribution in [0.4, 0.5) is 0 Å². The summed E-state index contributed by atoms with van der Waals surface area (Å²) in [7, 11) is 0. The van der Waals surface area contributed by atoms with Crippen LogP contribution in [0.5, 0.6) is 0 Å². The van der Waals surface area contributed by atoms with Gasteiger partial charge in [0.1, 0.15) is 12.2 Å². The maximum Gasteiger partial charge on any atom is 0.331 e. The number of nitrogens with zero attached hydrogens (tertiary/aromatic N) is 2. The Morgan fingerprint density at radius 2 is 1.09 bits per heavy atom. The number of morpholine rings is 2. The summed E-state index contributed by atoms with van der Waals surface area (Å²) < 4.78 is 21.8. The number of hydrogen-bond acceptors (Lipinski definition) is 8. The molecule has 2 unspecified atom stereocenters. The second-order valence-electron chi connectivity index (χ2n) is 9.17. The second kappa shape index (κ2) is 17.9. The lowest BCUT2D eigenvalue weighted by Crippen LogP contribution is -2.36. The van der Waals surface area contributed by atoms with Gasteiger partial charge in [0, 0.05) is 38.3 Å². The van der Waals surface area contributed by atoms with Crippen LogP contribution in [0.3, 0.4) is 0 Å². The fourth-order valence-corrected chi connectivity index (χ4v) is 4.30. The molecule has 2 aliphatic heterocycles. The molecular weight excluding hydrogens is 436 g/mol. The first-order valence-electron chi connectivity index (χ1n) is 13.3. The van der Waals surface area contributed by atoms with E-state index in [0.717, 1.165) is 117 Å². The van der Waals surface area contributed by atoms with Crippen molar-refractivity contribution in [2.75, 3.05) is 65.7 Å². The third-order valence-corrected chi connectivity index (χ3v) is 6.54. The number of unbranched alkanes of at least 4 members (excludes halogenated alkanes) is 2. The van der Waals surface area contributed by atoms with E-state index in [-0.39, 0.29) is 12.2 Å². The standard InChI is InChI=1S/C26H46N2O6/c1-3-23(9-5-7-13-27-15-19-31-20-16-27)33-25(29)11-12-26(30)34-24(4-2)10-6-8-14-28-17-21-32-22-18-28/h11-12,23-24H,3-10,13-22H2,1-2H3/b12-11+. The van der Waals surface area contributed by atoms with Gasteiger partial charge in [-0.2, -0.15) is 0 Å². The molecule has 2 aliphatic rings. The molecule has 0 amide bonds. The third-order valence-electron chi connectivity index (χ3n) is 6.54. The summed E-state index contributed by atoms with van der Waals surface area (Å²) >= 11 is 0. The van der Waals surface area contributed by atoms with Crippen LogP contribution in [0.2, 0.25) is 0 Å². The lowest BCUT2D eigenvalue weighted by Gasteiger charge is -2.26. The van der Waals surface area contributed by atoms with Crippen molar-refractivity contribution in [3.63, 3.8) is 0 Å². The molecule has 0 saturated carbocycles. The molecule has 2 heterocycles. The zero-order valence-electron chi connectivity index (χ0n) is 21.4. The molecule has 0 spiro atoms. The van der Waals surface area contributed by atoms with E-state index < -0.39 is 11.9 Å². The molecule has 8 nitrogen and oxygen atoms in total. The average molecular weight is 483 g/mol. The van der Waals surface area contributed by atoms with Gasteiger partial charge in [-0.05, 0) is 64.5 Å². The Morgan fingerprint density at radius 1 is 0.706 bits per heavy atom. The predicted octanol–water partition coefficient (Wildman–Crippen LogP) is 3.19. The number of ether oxygens (including phenoxy) is 4. The molecule has 0 aliphatic carbocycles. The van der Waals surface area contributed by atoms with Crippen molar-refractivity contribution >= 4 is 11.9 Å². The first-order chi connectivity index (χ1) is 16.6. The van der Waals surface area contributed by atoms with Crippen LogP contribution in [-0.4, -0.2) is 99.6 Å². The molecule has 2 fully saturated rings. The topological polar surface area (TPSA) is 77.5 Å². The summed E-state index contributed by atoms with van der Waals surface area (Å²) in [6, 6.07) is 0. The van der Waals surface area contributed by atoms with Crippen molar-refractivity contribution in [2.24, 2.45) is 0 Å². The number of hydrogen-bond donors (Lipinski definition) is 0. The third kappa shape index (κ3) is 12.8. The minimum atomic E-state index is -0.476. The van der Waals surface area contributed by atoms with E-state index in [1.54, 1.807) is 0 Å². The highest BCUT2D eigenvalue weighted by Crippen LogP contribution is 2.12. The first kappa shape index (κ1) is 28.8. The molecule has 0 bridgehead atoms. The minimum Gasteiger partial charge on any atom is -0.459 e. The molecule has 2 atom stereocenters. The van der Waals surface area contributed by atoms with Crippen LogP contribution in [0.15, 0.2) is 12.2 Å². The Balaban J connectivity index is 1.57. The van der Waals surface area contributed by atoms with Crippen molar-refractivity contribution < 1.29 is 28.5 Å². The molecule has 0 aromatic rings. The lowest BCUT2D eigenvalue weighted by atomic mass is 10.1. The Kier molecular flexibility index (Phi) is 15.1. The van der Waals surface area contributed by atoms with Crippen LogP contribution in [-0.2, 0) is 28.5 Å². The zero-order valence-corrected chi connectivity index (χ0v) is 21.4. The maximum absolute atomic E-state index is 12.2. The smallest absolute Gasteiger partial charge is 0.331 e. The van der Waals surface area contributed by atoms with Gasteiger partial charge in [-0.25, -0.2) is 9.59 Å². The number of rotatable bonds is 16. The summed E-state index contributed by atoms with van der Waals surface area (Å²) in [5.74, 6) is -0.953. The Bertz CT molecular complexity index is 538. The minimum absolute atomic E-state index is 0.118. The highest BCUT2D eigenvalue weighted by molar-refractivity contribution is 5.91. The molecule has 0 aromatic carbocycles. The van der Waals surface area contributed by atoms with Crippen LogP contribution in [0.25, 0.3) is 0 Å². The molecule has 0 radical (unpaired) electrons. The molecule has 0 N–H and O–H groups in total. The SMILES string of the molecule is CCC(CCCCN1CCOCC1)OC(=O)/C=C/C(=O)OC(CC)CCCCN1CCOCC1. The second-order valence-corrected chi connectivity index (χ2v) is 9.17. The van der Waals surface area contributed by atoms with Gasteiger partial charge in [-0.15, -0.1) is 0 Å².